The van der Waals surface area contributed by atoms with Gasteiger partial charge in [-0.2, -0.15) is 0 Å². The molecular weight excluding hydrogens is 178 g/mol. The Morgan fingerprint density at radius 2 is 2.38 bits per heavy atom. The smallest absolute Gasteiger partial charge is 0.0123 e. The van der Waals surface area contributed by atoms with Crippen LogP contribution in [0.2, 0.25) is 0 Å². The molecule has 72 valence electrons. The van der Waals surface area contributed by atoms with Gasteiger partial charge in [0.25, 0.3) is 0 Å². The molecule has 0 fully saturated rings. The average molecular weight is 195 g/mol. The second-order valence-corrected chi connectivity index (χ2v) is 4.85. The highest BCUT2D eigenvalue weighted by molar-refractivity contribution is 7.10. The van der Waals surface area contributed by atoms with Gasteiger partial charge in [0.15, 0.2) is 0 Å². The van der Waals surface area contributed by atoms with Crippen LogP contribution >= 0.6 is 11.3 Å². The number of rotatable bonds is 1. The molecule has 0 amide bonds. The van der Waals surface area contributed by atoms with Gasteiger partial charge in [-0.05, 0) is 49.2 Å². The van der Waals surface area contributed by atoms with E-state index in [0.29, 0.717) is 5.92 Å². The third-order valence-electron chi connectivity index (χ3n) is 3.02. The normalized spacial score (nSPS) is 22.5. The van der Waals surface area contributed by atoms with Crippen molar-refractivity contribution in [2.75, 3.05) is 6.54 Å². The number of hydrogen-bond donors (Lipinski definition) is 1. The van der Waals surface area contributed by atoms with Crippen LogP contribution in [0, 0.1) is 6.92 Å². The minimum absolute atomic E-state index is 0.649. The fraction of sp³-hybridized carbons (Fsp3) is 0.636. The van der Waals surface area contributed by atoms with Crippen molar-refractivity contribution in [1.82, 2.24) is 0 Å². The Labute approximate surface area is 84.0 Å². The van der Waals surface area contributed by atoms with Crippen molar-refractivity contribution in [3.8, 4) is 0 Å². The Hall–Kier alpha value is -0.340. The molecule has 0 saturated carbocycles. The maximum atomic E-state index is 5.80. The van der Waals surface area contributed by atoms with Crippen LogP contribution in [0.1, 0.15) is 41.2 Å². The topological polar surface area (TPSA) is 26.0 Å². The van der Waals surface area contributed by atoms with Gasteiger partial charge in [-0.15, -0.1) is 11.3 Å². The average Bonchev–Trinajstić information content (AvgIpc) is 2.39. The summed E-state index contributed by atoms with van der Waals surface area (Å²) in [6.07, 6.45) is 5.27. The molecule has 0 aromatic carbocycles. The Bertz CT molecular complexity index is 290. The fourth-order valence-corrected chi connectivity index (χ4v) is 3.46. The van der Waals surface area contributed by atoms with E-state index >= 15 is 0 Å². The SMILES string of the molecule is Cc1csc2c1CCCC[C@H]2CN. The quantitative estimate of drug-likeness (QED) is 0.685. The highest BCUT2D eigenvalue weighted by Gasteiger charge is 2.20. The molecule has 1 aliphatic carbocycles. The summed E-state index contributed by atoms with van der Waals surface area (Å²) >= 11 is 1.92. The predicted octanol–water partition coefficient (Wildman–Crippen LogP) is 2.83. The summed E-state index contributed by atoms with van der Waals surface area (Å²) in [5.74, 6) is 0.649. The van der Waals surface area contributed by atoms with Gasteiger partial charge in [0.1, 0.15) is 0 Å². The largest absolute Gasteiger partial charge is 0.330 e. The van der Waals surface area contributed by atoms with Crippen molar-refractivity contribution in [3.05, 3.63) is 21.4 Å². The number of fused-ring (bicyclic) bond motifs is 1. The van der Waals surface area contributed by atoms with Crippen molar-refractivity contribution >= 4 is 11.3 Å². The zero-order valence-electron chi connectivity index (χ0n) is 8.18. The molecule has 0 saturated heterocycles. The number of thiophene rings is 1. The molecule has 0 unspecified atom stereocenters. The number of hydrogen-bond acceptors (Lipinski definition) is 2. The zero-order chi connectivity index (χ0) is 9.26. The van der Waals surface area contributed by atoms with Crippen LogP contribution in [0.5, 0.6) is 0 Å². The number of aryl methyl sites for hydroxylation is 1. The summed E-state index contributed by atoms with van der Waals surface area (Å²) in [5.41, 5.74) is 8.90. The van der Waals surface area contributed by atoms with Crippen LogP contribution in [0.25, 0.3) is 0 Å². The number of nitrogens with two attached hydrogens (primary N) is 1. The molecule has 2 N–H and O–H groups in total. The first-order valence-corrected chi connectivity index (χ1v) is 5.98. The van der Waals surface area contributed by atoms with Crippen LogP contribution in [-0.4, -0.2) is 6.54 Å². The Kier molecular flexibility index (Phi) is 2.70. The maximum absolute atomic E-state index is 5.80. The van der Waals surface area contributed by atoms with E-state index < -0.39 is 0 Å². The summed E-state index contributed by atoms with van der Waals surface area (Å²) in [7, 11) is 0. The first kappa shape index (κ1) is 9.22. The van der Waals surface area contributed by atoms with Crippen LogP contribution in [0.15, 0.2) is 5.38 Å². The second-order valence-electron chi connectivity index (χ2n) is 3.94. The lowest BCUT2D eigenvalue weighted by atomic mass is 10.0. The van der Waals surface area contributed by atoms with Gasteiger partial charge in [0.2, 0.25) is 0 Å². The van der Waals surface area contributed by atoms with E-state index in [9.17, 15) is 0 Å². The molecule has 2 heteroatoms. The first-order valence-electron chi connectivity index (χ1n) is 5.10. The fourth-order valence-electron chi connectivity index (χ4n) is 2.20. The van der Waals surface area contributed by atoms with E-state index in [-0.39, 0.29) is 0 Å². The lowest BCUT2D eigenvalue weighted by molar-refractivity contribution is 0.608. The molecule has 1 atom stereocenters. The van der Waals surface area contributed by atoms with Gasteiger partial charge in [-0.25, -0.2) is 0 Å². The Morgan fingerprint density at radius 3 is 3.15 bits per heavy atom. The van der Waals surface area contributed by atoms with Crippen molar-refractivity contribution in [2.45, 2.75) is 38.5 Å². The van der Waals surface area contributed by atoms with E-state index in [1.807, 2.05) is 11.3 Å². The molecule has 0 bridgehead atoms. The highest BCUT2D eigenvalue weighted by Crippen LogP contribution is 2.35. The molecule has 2 rings (SSSR count). The highest BCUT2D eigenvalue weighted by atomic mass is 32.1. The van der Waals surface area contributed by atoms with Crippen LogP contribution < -0.4 is 5.73 Å². The maximum Gasteiger partial charge on any atom is 0.0123 e. The van der Waals surface area contributed by atoms with Gasteiger partial charge in [0.05, 0.1) is 0 Å². The Balaban J connectivity index is 2.36. The minimum atomic E-state index is 0.649. The summed E-state index contributed by atoms with van der Waals surface area (Å²) in [6, 6.07) is 0. The van der Waals surface area contributed by atoms with E-state index in [2.05, 4.69) is 12.3 Å². The summed E-state index contributed by atoms with van der Waals surface area (Å²) in [5, 5.41) is 2.29. The van der Waals surface area contributed by atoms with E-state index in [0.717, 1.165) is 6.54 Å². The molecule has 1 aliphatic rings. The molecule has 1 nitrogen and oxygen atoms in total. The summed E-state index contributed by atoms with van der Waals surface area (Å²) in [4.78, 5) is 1.58. The van der Waals surface area contributed by atoms with Crippen molar-refractivity contribution in [2.24, 2.45) is 5.73 Å². The van der Waals surface area contributed by atoms with Crippen LogP contribution in [0.3, 0.4) is 0 Å². The standard InChI is InChI=1S/C11H17NS/c1-8-7-13-11-9(6-12)4-2-3-5-10(8)11/h7,9H,2-6,12H2,1H3/t9-/m0/s1. The van der Waals surface area contributed by atoms with E-state index in [4.69, 9.17) is 5.73 Å². The van der Waals surface area contributed by atoms with E-state index in [1.165, 1.54) is 31.2 Å². The molecule has 13 heavy (non-hydrogen) atoms. The molecule has 1 aromatic rings. The molecule has 0 spiro atoms. The van der Waals surface area contributed by atoms with Gasteiger partial charge < -0.3 is 5.73 Å². The van der Waals surface area contributed by atoms with Crippen LogP contribution in [-0.2, 0) is 6.42 Å². The second kappa shape index (κ2) is 3.81. The lowest BCUT2D eigenvalue weighted by Crippen LogP contribution is -2.11. The predicted molar refractivity (Wildman–Crippen MR) is 58.4 cm³/mol. The summed E-state index contributed by atoms with van der Waals surface area (Å²) < 4.78 is 0. The third kappa shape index (κ3) is 1.65. The zero-order valence-corrected chi connectivity index (χ0v) is 8.99. The van der Waals surface area contributed by atoms with Gasteiger partial charge >= 0.3 is 0 Å². The Morgan fingerprint density at radius 1 is 1.54 bits per heavy atom. The van der Waals surface area contributed by atoms with E-state index in [1.54, 1.807) is 10.4 Å². The minimum Gasteiger partial charge on any atom is -0.330 e. The molecule has 0 radical (unpaired) electrons. The van der Waals surface area contributed by atoms with Gasteiger partial charge in [-0.1, -0.05) is 6.42 Å². The van der Waals surface area contributed by atoms with Crippen molar-refractivity contribution in [1.29, 1.82) is 0 Å². The van der Waals surface area contributed by atoms with Gasteiger partial charge in [0, 0.05) is 10.8 Å². The molecule has 1 aromatic heterocycles. The van der Waals surface area contributed by atoms with Crippen LogP contribution in [0.4, 0.5) is 0 Å². The molecular formula is C11H17NS. The monoisotopic (exact) mass is 195 g/mol. The molecule has 0 aliphatic heterocycles. The first-order chi connectivity index (χ1) is 6.33. The summed E-state index contributed by atoms with van der Waals surface area (Å²) in [6.45, 7) is 3.06. The van der Waals surface area contributed by atoms with Gasteiger partial charge in [-0.3, -0.25) is 0 Å². The van der Waals surface area contributed by atoms with Crippen molar-refractivity contribution in [3.63, 3.8) is 0 Å². The van der Waals surface area contributed by atoms with Crippen molar-refractivity contribution < 1.29 is 0 Å². The molecule has 1 heterocycles. The lowest BCUT2D eigenvalue weighted by Gasteiger charge is -2.11. The third-order valence-corrected chi connectivity index (χ3v) is 4.33.